The second-order valence-electron chi connectivity index (χ2n) is 9.15. The summed E-state index contributed by atoms with van der Waals surface area (Å²) in [6.07, 6.45) is 2.61. The molecule has 0 spiro atoms. The van der Waals surface area contributed by atoms with Gasteiger partial charge in [0.05, 0.1) is 6.04 Å². The molecule has 2 aliphatic heterocycles. The first-order valence-corrected chi connectivity index (χ1v) is 10.8. The molecular weight excluding hydrogens is 396 g/mol. The zero-order chi connectivity index (χ0) is 22.0. The summed E-state index contributed by atoms with van der Waals surface area (Å²) in [5.41, 5.74) is 2.05. The molecule has 166 valence electrons. The summed E-state index contributed by atoms with van der Waals surface area (Å²) < 4.78 is 11.0. The summed E-state index contributed by atoms with van der Waals surface area (Å²) in [5.74, 6) is 1.29. The Morgan fingerprint density at radius 3 is 2.68 bits per heavy atom. The van der Waals surface area contributed by atoms with Gasteiger partial charge in [0, 0.05) is 55.1 Å². The van der Waals surface area contributed by atoms with Gasteiger partial charge >= 0.3 is 6.09 Å². The molecule has 1 aromatic carbocycles. The number of rotatable bonds is 5. The first-order chi connectivity index (χ1) is 14.8. The van der Waals surface area contributed by atoms with E-state index in [0.717, 1.165) is 42.7 Å². The lowest BCUT2D eigenvalue weighted by molar-refractivity contribution is 0.0203. The maximum absolute atomic E-state index is 12.3. The van der Waals surface area contributed by atoms with Crippen molar-refractivity contribution in [1.29, 1.82) is 5.41 Å². The highest BCUT2D eigenvalue weighted by atomic mass is 16.6. The van der Waals surface area contributed by atoms with E-state index >= 15 is 0 Å². The van der Waals surface area contributed by atoms with Gasteiger partial charge < -0.3 is 30.2 Å². The van der Waals surface area contributed by atoms with Crippen molar-refractivity contribution in [1.82, 2.24) is 20.4 Å². The van der Waals surface area contributed by atoms with Crippen LogP contribution in [0.2, 0.25) is 0 Å². The summed E-state index contributed by atoms with van der Waals surface area (Å²) in [6.45, 7) is 8.66. The van der Waals surface area contributed by atoms with Crippen molar-refractivity contribution in [3.63, 3.8) is 0 Å². The molecule has 0 bridgehead atoms. The molecule has 0 saturated carbocycles. The van der Waals surface area contributed by atoms with Gasteiger partial charge in [-0.15, -0.1) is 0 Å². The van der Waals surface area contributed by atoms with E-state index in [1.807, 2.05) is 39.0 Å². The highest BCUT2D eigenvalue weighted by molar-refractivity contribution is 5.87. The molecule has 4 rings (SSSR count). The standard InChI is InChI=1S/C22H30N6O3/c1-22(2,3)30-21(29)28-8-6-14(7-9-28)19-26-20(31-27-19)15-4-5-16(11-23)18(10-15)25-17-12-24-13-17/h4-5,10-11,14,17,23-25H,6-9,12-13H2,1-3H3. The monoisotopic (exact) mass is 426 g/mol. The van der Waals surface area contributed by atoms with Gasteiger partial charge in [-0.25, -0.2) is 4.79 Å². The number of aromatic nitrogens is 2. The maximum atomic E-state index is 12.3. The molecule has 31 heavy (non-hydrogen) atoms. The number of hydrogen-bond acceptors (Lipinski definition) is 8. The number of ether oxygens (including phenoxy) is 1. The van der Waals surface area contributed by atoms with E-state index in [0.29, 0.717) is 30.8 Å². The molecule has 2 saturated heterocycles. The number of anilines is 1. The van der Waals surface area contributed by atoms with Crippen LogP contribution >= 0.6 is 0 Å². The Hall–Kier alpha value is -2.94. The van der Waals surface area contributed by atoms with Crippen LogP contribution in [0.25, 0.3) is 11.5 Å². The van der Waals surface area contributed by atoms with Gasteiger partial charge in [0.25, 0.3) is 5.89 Å². The minimum Gasteiger partial charge on any atom is -0.444 e. The van der Waals surface area contributed by atoms with E-state index in [1.165, 1.54) is 6.21 Å². The van der Waals surface area contributed by atoms with Gasteiger partial charge in [0.1, 0.15) is 5.60 Å². The van der Waals surface area contributed by atoms with Crippen LogP contribution in [0.4, 0.5) is 10.5 Å². The first-order valence-electron chi connectivity index (χ1n) is 10.8. The van der Waals surface area contributed by atoms with Crippen LogP contribution in [0.5, 0.6) is 0 Å². The predicted molar refractivity (Wildman–Crippen MR) is 118 cm³/mol. The summed E-state index contributed by atoms with van der Waals surface area (Å²) in [4.78, 5) is 18.6. The van der Waals surface area contributed by atoms with Gasteiger partial charge in [-0.05, 0) is 45.7 Å². The summed E-state index contributed by atoms with van der Waals surface area (Å²) in [5, 5.41) is 18.5. The molecule has 0 radical (unpaired) electrons. The minimum absolute atomic E-state index is 0.149. The fourth-order valence-corrected chi connectivity index (χ4v) is 3.72. The third kappa shape index (κ3) is 5.04. The molecule has 1 amide bonds. The van der Waals surface area contributed by atoms with Crippen molar-refractivity contribution in [2.45, 2.75) is 51.2 Å². The lowest BCUT2D eigenvalue weighted by atomic mass is 9.96. The molecular formula is C22H30N6O3. The Balaban J connectivity index is 1.41. The number of nitrogens with zero attached hydrogens (tertiary/aromatic N) is 3. The second kappa shape index (κ2) is 8.66. The number of hydrogen-bond donors (Lipinski definition) is 3. The molecule has 0 aliphatic carbocycles. The Labute approximate surface area is 182 Å². The maximum Gasteiger partial charge on any atom is 0.410 e. The number of nitrogens with one attached hydrogen (secondary N) is 3. The SMILES string of the molecule is CC(C)(C)OC(=O)N1CCC(c2noc(-c3ccc(C=N)c(NC4CNC4)c3)n2)CC1. The highest BCUT2D eigenvalue weighted by Crippen LogP contribution is 2.30. The van der Waals surface area contributed by atoms with Gasteiger partial charge in [-0.3, -0.25) is 0 Å². The quantitative estimate of drug-likeness (QED) is 0.629. The molecule has 2 aliphatic rings. The molecule has 9 heteroatoms. The minimum atomic E-state index is -0.493. The van der Waals surface area contributed by atoms with Gasteiger partial charge in [-0.1, -0.05) is 11.2 Å². The van der Waals surface area contributed by atoms with E-state index < -0.39 is 5.60 Å². The molecule has 9 nitrogen and oxygen atoms in total. The number of likely N-dealkylation sites (tertiary alicyclic amines) is 1. The van der Waals surface area contributed by atoms with E-state index in [-0.39, 0.29) is 12.0 Å². The Kier molecular flexibility index (Phi) is 5.95. The van der Waals surface area contributed by atoms with Gasteiger partial charge in [0.15, 0.2) is 5.82 Å². The summed E-state index contributed by atoms with van der Waals surface area (Å²) in [6, 6.07) is 6.11. The van der Waals surface area contributed by atoms with Crippen LogP contribution in [0.15, 0.2) is 22.7 Å². The molecule has 1 aromatic heterocycles. The number of carbonyl (C=O) groups excluding carboxylic acids is 1. The predicted octanol–water partition coefficient (Wildman–Crippen LogP) is 3.23. The lowest BCUT2D eigenvalue weighted by Crippen LogP contribution is -2.51. The van der Waals surface area contributed by atoms with E-state index in [4.69, 9.17) is 14.7 Å². The molecule has 0 unspecified atom stereocenters. The van der Waals surface area contributed by atoms with Crippen LogP contribution in [0, 0.1) is 5.41 Å². The lowest BCUT2D eigenvalue weighted by Gasteiger charge is -2.32. The Bertz CT molecular complexity index is 939. The van der Waals surface area contributed by atoms with E-state index in [2.05, 4.69) is 20.8 Å². The van der Waals surface area contributed by atoms with Crippen molar-refractivity contribution >= 4 is 18.0 Å². The van der Waals surface area contributed by atoms with Crippen LogP contribution in [-0.2, 0) is 4.74 Å². The number of carbonyl (C=O) groups is 1. The van der Waals surface area contributed by atoms with Crippen LogP contribution < -0.4 is 10.6 Å². The number of piperidine rings is 1. The third-order valence-corrected chi connectivity index (χ3v) is 5.55. The zero-order valence-electron chi connectivity index (χ0n) is 18.3. The van der Waals surface area contributed by atoms with Gasteiger partial charge in [0.2, 0.25) is 0 Å². The van der Waals surface area contributed by atoms with Crippen molar-refractivity contribution in [2.24, 2.45) is 0 Å². The Morgan fingerprint density at radius 1 is 1.32 bits per heavy atom. The fraction of sp³-hybridized carbons (Fsp3) is 0.545. The topological polar surface area (TPSA) is 116 Å². The average Bonchev–Trinajstić information content (AvgIpc) is 3.19. The van der Waals surface area contributed by atoms with Crippen molar-refractivity contribution < 1.29 is 14.1 Å². The molecule has 2 fully saturated rings. The normalized spacial score (nSPS) is 17.8. The molecule has 3 heterocycles. The largest absolute Gasteiger partial charge is 0.444 e. The van der Waals surface area contributed by atoms with Crippen LogP contribution in [-0.4, -0.2) is 65.2 Å². The molecule has 0 atom stereocenters. The van der Waals surface area contributed by atoms with Gasteiger partial charge in [-0.2, -0.15) is 4.98 Å². The van der Waals surface area contributed by atoms with Crippen molar-refractivity contribution in [3.05, 3.63) is 29.6 Å². The fourth-order valence-electron chi connectivity index (χ4n) is 3.72. The van der Waals surface area contributed by atoms with E-state index in [9.17, 15) is 4.79 Å². The Morgan fingerprint density at radius 2 is 2.06 bits per heavy atom. The third-order valence-electron chi connectivity index (χ3n) is 5.55. The number of benzene rings is 1. The molecule has 2 aromatic rings. The summed E-state index contributed by atoms with van der Waals surface area (Å²) in [7, 11) is 0. The van der Waals surface area contributed by atoms with Crippen LogP contribution in [0.1, 0.15) is 50.9 Å². The molecule has 3 N–H and O–H groups in total. The van der Waals surface area contributed by atoms with E-state index in [1.54, 1.807) is 4.90 Å². The smallest absolute Gasteiger partial charge is 0.410 e. The summed E-state index contributed by atoms with van der Waals surface area (Å²) >= 11 is 0. The highest BCUT2D eigenvalue weighted by Gasteiger charge is 2.30. The van der Waals surface area contributed by atoms with Crippen molar-refractivity contribution in [3.8, 4) is 11.5 Å². The van der Waals surface area contributed by atoms with Crippen LogP contribution in [0.3, 0.4) is 0 Å². The van der Waals surface area contributed by atoms with Crippen molar-refractivity contribution in [2.75, 3.05) is 31.5 Å². The number of amides is 1. The first kappa shape index (κ1) is 21.3. The average molecular weight is 427 g/mol. The second-order valence-corrected chi connectivity index (χ2v) is 9.15. The zero-order valence-corrected chi connectivity index (χ0v) is 18.3.